The van der Waals surface area contributed by atoms with Crippen LogP contribution in [0.25, 0.3) is 11.3 Å². The van der Waals surface area contributed by atoms with Crippen molar-refractivity contribution in [3.63, 3.8) is 0 Å². The van der Waals surface area contributed by atoms with E-state index in [9.17, 15) is 0 Å². The molecule has 0 aliphatic carbocycles. The van der Waals surface area contributed by atoms with Gasteiger partial charge < -0.3 is 4.90 Å². The van der Waals surface area contributed by atoms with Gasteiger partial charge in [-0.3, -0.25) is 4.90 Å². The van der Waals surface area contributed by atoms with Gasteiger partial charge in [-0.25, -0.2) is 4.98 Å². The van der Waals surface area contributed by atoms with Crippen molar-refractivity contribution in [2.45, 2.75) is 20.4 Å². The summed E-state index contributed by atoms with van der Waals surface area (Å²) in [6.45, 7) is 9.72. The van der Waals surface area contributed by atoms with E-state index in [4.69, 9.17) is 4.98 Å². The Hall–Kier alpha value is -2.17. The molecule has 0 spiro atoms. The van der Waals surface area contributed by atoms with Gasteiger partial charge in [0.1, 0.15) is 0 Å². The third-order valence-electron chi connectivity index (χ3n) is 5.10. The molecule has 0 unspecified atom stereocenters. The Morgan fingerprint density at radius 1 is 0.962 bits per heavy atom. The first-order valence-electron chi connectivity index (χ1n) is 9.23. The van der Waals surface area contributed by atoms with Crippen LogP contribution in [-0.4, -0.2) is 36.1 Å². The van der Waals surface area contributed by atoms with E-state index in [0.717, 1.165) is 43.5 Å². The van der Waals surface area contributed by atoms with Crippen LogP contribution >= 0.6 is 11.3 Å². The van der Waals surface area contributed by atoms with Crippen molar-refractivity contribution in [2.75, 3.05) is 31.1 Å². The summed E-state index contributed by atoms with van der Waals surface area (Å²) in [5.41, 5.74) is 6.48. The maximum absolute atomic E-state index is 4.86. The maximum Gasteiger partial charge on any atom is 0.185 e. The van der Waals surface area contributed by atoms with Crippen molar-refractivity contribution >= 4 is 16.5 Å². The molecule has 3 nitrogen and oxygen atoms in total. The van der Waals surface area contributed by atoms with Crippen molar-refractivity contribution in [2.24, 2.45) is 0 Å². The monoisotopic (exact) mass is 363 g/mol. The molecule has 1 aliphatic heterocycles. The Kier molecular flexibility index (Phi) is 5.05. The summed E-state index contributed by atoms with van der Waals surface area (Å²) in [6.07, 6.45) is 0. The van der Waals surface area contributed by atoms with Crippen LogP contribution in [0.2, 0.25) is 0 Å². The Morgan fingerprint density at radius 3 is 2.50 bits per heavy atom. The lowest BCUT2D eigenvalue weighted by atomic mass is 10.0. The summed E-state index contributed by atoms with van der Waals surface area (Å²) in [7, 11) is 0. The Bertz CT molecular complexity index is 864. The largest absolute Gasteiger partial charge is 0.346 e. The Balaban J connectivity index is 1.38. The first-order chi connectivity index (χ1) is 12.7. The number of anilines is 1. The van der Waals surface area contributed by atoms with Gasteiger partial charge in [0.25, 0.3) is 0 Å². The standard InChI is InChI=1S/C22H25N3S/c1-17-8-9-18(2)20(14-17)15-24-10-12-25(13-11-24)22-23-21(16-26-22)19-6-4-3-5-7-19/h3-9,14,16H,10-13,15H2,1-2H3. The summed E-state index contributed by atoms with van der Waals surface area (Å²) in [5, 5.41) is 3.32. The zero-order valence-electron chi connectivity index (χ0n) is 15.5. The fourth-order valence-corrected chi connectivity index (χ4v) is 4.35. The first-order valence-corrected chi connectivity index (χ1v) is 10.1. The third-order valence-corrected chi connectivity index (χ3v) is 6.00. The number of aryl methyl sites for hydroxylation is 2. The highest BCUT2D eigenvalue weighted by Crippen LogP contribution is 2.28. The van der Waals surface area contributed by atoms with Crippen molar-refractivity contribution in [1.29, 1.82) is 0 Å². The Morgan fingerprint density at radius 2 is 1.73 bits per heavy atom. The lowest BCUT2D eigenvalue weighted by molar-refractivity contribution is 0.249. The Labute approximate surface area is 159 Å². The van der Waals surface area contributed by atoms with Crippen LogP contribution in [0, 0.1) is 13.8 Å². The molecule has 2 heterocycles. The number of hydrogen-bond acceptors (Lipinski definition) is 4. The molecular formula is C22H25N3S. The van der Waals surface area contributed by atoms with E-state index in [0.29, 0.717) is 0 Å². The van der Waals surface area contributed by atoms with Crippen LogP contribution in [0.3, 0.4) is 0 Å². The van der Waals surface area contributed by atoms with Gasteiger partial charge in [0.2, 0.25) is 0 Å². The molecule has 0 saturated carbocycles. The van der Waals surface area contributed by atoms with Crippen molar-refractivity contribution < 1.29 is 0 Å². The minimum atomic E-state index is 1.05. The second-order valence-corrected chi connectivity index (χ2v) is 7.91. The predicted molar refractivity (Wildman–Crippen MR) is 111 cm³/mol. The summed E-state index contributed by atoms with van der Waals surface area (Å²) in [6, 6.07) is 17.2. The zero-order valence-corrected chi connectivity index (χ0v) is 16.3. The number of nitrogens with zero attached hydrogens (tertiary/aromatic N) is 3. The quantitative estimate of drug-likeness (QED) is 0.667. The van der Waals surface area contributed by atoms with Crippen LogP contribution in [0.15, 0.2) is 53.9 Å². The van der Waals surface area contributed by atoms with E-state index >= 15 is 0 Å². The van der Waals surface area contributed by atoms with Crippen LogP contribution in [0.5, 0.6) is 0 Å². The molecular weight excluding hydrogens is 338 g/mol. The van der Waals surface area contributed by atoms with Crippen molar-refractivity contribution in [1.82, 2.24) is 9.88 Å². The predicted octanol–water partition coefficient (Wildman–Crippen LogP) is 4.75. The molecule has 1 aliphatic rings. The lowest BCUT2D eigenvalue weighted by Crippen LogP contribution is -2.46. The van der Waals surface area contributed by atoms with Crippen LogP contribution in [0.4, 0.5) is 5.13 Å². The van der Waals surface area contributed by atoms with Gasteiger partial charge in [0.05, 0.1) is 5.69 Å². The van der Waals surface area contributed by atoms with Crippen LogP contribution in [-0.2, 0) is 6.54 Å². The highest BCUT2D eigenvalue weighted by molar-refractivity contribution is 7.14. The molecule has 3 aromatic rings. The molecule has 1 fully saturated rings. The maximum atomic E-state index is 4.86. The van der Waals surface area contributed by atoms with Crippen molar-refractivity contribution in [3.8, 4) is 11.3 Å². The average Bonchev–Trinajstić information content (AvgIpc) is 3.16. The molecule has 26 heavy (non-hydrogen) atoms. The normalized spacial score (nSPS) is 15.4. The van der Waals surface area contributed by atoms with E-state index in [1.54, 1.807) is 11.3 Å². The molecule has 4 rings (SSSR count). The molecule has 1 aromatic heterocycles. The van der Waals surface area contributed by atoms with E-state index in [1.807, 2.05) is 6.07 Å². The minimum absolute atomic E-state index is 1.05. The summed E-state index contributed by atoms with van der Waals surface area (Å²) in [5.74, 6) is 0. The minimum Gasteiger partial charge on any atom is -0.346 e. The SMILES string of the molecule is Cc1ccc(C)c(CN2CCN(c3nc(-c4ccccc4)cs3)CC2)c1. The number of rotatable bonds is 4. The zero-order chi connectivity index (χ0) is 17.9. The van der Waals surface area contributed by atoms with Gasteiger partial charge in [-0.05, 0) is 25.0 Å². The number of thiazole rings is 1. The molecule has 0 amide bonds. The summed E-state index contributed by atoms with van der Waals surface area (Å²) >= 11 is 1.76. The van der Waals surface area contributed by atoms with Crippen LogP contribution in [0.1, 0.15) is 16.7 Å². The second-order valence-electron chi connectivity index (χ2n) is 7.07. The van der Waals surface area contributed by atoms with Gasteiger partial charge >= 0.3 is 0 Å². The van der Waals surface area contributed by atoms with E-state index in [2.05, 4.69) is 71.5 Å². The highest BCUT2D eigenvalue weighted by atomic mass is 32.1. The van der Waals surface area contributed by atoms with Gasteiger partial charge in [0, 0.05) is 43.7 Å². The average molecular weight is 364 g/mol. The van der Waals surface area contributed by atoms with E-state index in [-0.39, 0.29) is 0 Å². The molecule has 4 heteroatoms. The van der Waals surface area contributed by atoms with Crippen LogP contribution < -0.4 is 4.90 Å². The second kappa shape index (κ2) is 7.60. The van der Waals surface area contributed by atoms with Gasteiger partial charge in [-0.2, -0.15) is 0 Å². The summed E-state index contributed by atoms with van der Waals surface area (Å²) < 4.78 is 0. The molecule has 0 atom stereocenters. The number of benzene rings is 2. The molecule has 0 bridgehead atoms. The number of piperazine rings is 1. The fourth-order valence-electron chi connectivity index (χ4n) is 3.46. The molecule has 2 aromatic carbocycles. The molecule has 0 radical (unpaired) electrons. The van der Waals surface area contributed by atoms with Gasteiger partial charge in [-0.15, -0.1) is 11.3 Å². The smallest absolute Gasteiger partial charge is 0.185 e. The topological polar surface area (TPSA) is 19.4 Å². The highest BCUT2D eigenvalue weighted by Gasteiger charge is 2.20. The molecule has 134 valence electrons. The van der Waals surface area contributed by atoms with E-state index < -0.39 is 0 Å². The first kappa shape index (κ1) is 17.3. The lowest BCUT2D eigenvalue weighted by Gasteiger charge is -2.34. The number of aromatic nitrogens is 1. The third kappa shape index (κ3) is 3.81. The number of hydrogen-bond donors (Lipinski definition) is 0. The summed E-state index contributed by atoms with van der Waals surface area (Å²) in [4.78, 5) is 9.85. The molecule has 1 saturated heterocycles. The fraction of sp³-hybridized carbons (Fsp3) is 0.318. The molecule has 0 N–H and O–H groups in total. The van der Waals surface area contributed by atoms with E-state index in [1.165, 1.54) is 22.3 Å². The van der Waals surface area contributed by atoms with Crippen molar-refractivity contribution in [3.05, 3.63) is 70.6 Å². The van der Waals surface area contributed by atoms with Gasteiger partial charge in [0.15, 0.2) is 5.13 Å². The van der Waals surface area contributed by atoms with Gasteiger partial charge in [-0.1, -0.05) is 54.1 Å².